The van der Waals surface area contributed by atoms with Crippen molar-refractivity contribution in [2.24, 2.45) is 0 Å². The van der Waals surface area contributed by atoms with E-state index in [1.165, 1.54) is 0 Å². The molecule has 0 spiro atoms. The standard InChI is InChI=1S/C50H30N4O2/c1-4-13-32(14-5-1)47-52-48(33-15-6-2-7-16-33)54-49(53-47)34-25-23-31(24-26-34)36-27-28-39(38-20-11-10-19-37(36)38)40-21-12-22-41-42-29-30-43-44(46(42)56-45(40)41)51-50(55-43)35-17-8-3-9-18-35/h1-30H. The van der Waals surface area contributed by atoms with Crippen LogP contribution in [-0.2, 0) is 0 Å². The predicted octanol–water partition coefficient (Wildman–Crippen LogP) is 13.1. The van der Waals surface area contributed by atoms with Crippen LogP contribution in [0.5, 0.6) is 0 Å². The molecule has 0 radical (unpaired) electrons. The highest BCUT2D eigenvalue weighted by Gasteiger charge is 2.20. The largest absolute Gasteiger partial charge is 0.453 e. The summed E-state index contributed by atoms with van der Waals surface area (Å²) in [6.45, 7) is 0. The summed E-state index contributed by atoms with van der Waals surface area (Å²) in [5.74, 6) is 2.48. The Kier molecular flexibility index (Phi) is 7.38. The molecule has 0 N–H and O–H groups in total. The lowest BCUT2D eigenvalue weighted by Crippen LogP contribution is -2.00. The Labute approximate surface area is 321 Å². The third kappa shape index (κ3) is 5.35. The van der Waals surface area contributed by atoms with Gasteiger partial charge in [-0.3, -0.25) is 0 Å². The SMILES string of the molecule is c1ccc(-c2nc(-c3ccccc3)nc(-c3ccc(-c4ccc(-c5cccc6c5oc5c6ccc6oc(-c7ccccc7)nc65)c5ccccc45)cc3)n2)cc1. The fourth-order valence-electron chi connectivity index (χ4n) is 7.68. The van der Waals surface area contributed by atoms with Crippen molar-refractivity contribution in [3.63, 3.8) is 0 Å². The molecule has 0 amide bonds. The highest BCUT2D eigenvalue weighted by atomic mass is 16.4. The summed E-state index contributed by atoms with van der Waals surface area (Å²) in [4.78, 5) is 19.6. The molecule has 11 aromatic rings. The summed E-state index contributed by atoms with van der Waals surface area (Å²) in [7, 11) is 0. The Morgan fingerprint density at radius 3 is 1.43 bits per heavy atom. The maximum absolute atomic E-state index is 6.75. The molecule has 0 bridgehead atoms. The van der Waals surface area contributed by atoms with Gasteiger partial charge >= 0.3 is 0 Å². The van der Waals surface area contributed by atoms with Crippen molar-refractivity contribution in [2.75, 3.05) is 0 Å². The second-order valence-electron chi connectivity index (χ2n) is 13.8. The second kappa shape index (κ2) is 13.0. The van der Waals surface area contributed by atoms with Crippen molar-refractivity contribution in [3.8, 4) is 67.9 Å². The molecule has 6 nitrogen and oxygen atoms in total. The van der Waals surface area contributed by atoms with Crippen LogP contribution in [0, 0.1) is 0 Å². The highest BCUT2D eigenvalue weighted by Crippen LogP contribution is 2.43. The third-order valence-corrected chi connectivity index (χ3v) is 10.4. The van der Waals surface area contributed by atoms with Gasteiger partial charge in [-0.05, 0) is 51.7 Å². The number of furan rings is 1. The van der Waals surface area contributed by atoms with Crippen molar-refractivity contribution >= 4 is 43.8 Å². The van der Waals surface area contributed by atoms with Gasteiger partial charge in [-0.15, -0.1) is 0 Å². The molecule has 56 heavy (non-hydrogen) atoms. The quantitative estimate of drug-likeness (QED) is 0.170. The smallest absolute Gasteiger partial charge is 0.227 e. The van der Waals surface area contributed by atoms with Gasteiger partial charge in [0.1, 0.15) is 5.58 Å². The molecule has 262 valence electrons. The summed E-state index contributed by atoms with van der Waals surface area (Å²) < 4.78 is 12.9. The molecule has 0 saturated carbocycles. The van der Waals surface area contributed by atoms with Gasteiger partial charge < -0.3 is 8.83 Å². The Hall–Kier alpha value is -7.70. The van der Waals surface area contributed by atoms with Crippen LogP contribution in [0.3, 0.4) is 0 Å². The summed E-state index contributed by atoms with van der Waals surface area (Å²) >= 11 is 0. The molecular formula is C50H30N4O2. The molecule has 8 aromatic carbocycles. The monoisotopic (exact) mass is 718 g/mol. The van der Waals surface area contributed by atoms with Crippen LogP contribution in [-0.4, -0.2) is 19.9 Å². The molecular weight excluding hydrogens is 689 g/mol. The van der Waals surface area contributed by atoms with Gasteiger partial charge in [0.05, 0.1) is 0 Å². The van der Waals surface area contributed by atoms with Crippen molar-refractivity contribution in [2.45, 2.75) is 0 Å². The Balaban J connectivity index is 0.997. The fraction of sp³-hybridized carbons (Fsp3) is 0. The summed E-state index contributed by atoms with van der Waals surface area (Å²) in [6.07, 6.45) is 0. The number of benzene rings is 8. The fourth-order valence-corrected chi connectivity index (χ4v) is 7.68. The molecule has 0 fully saturated rings. The predicted molar refractivity (Wildman–Crippen MR) is 225 cm³/mol. The van der Waals surface area contributed by atoms with Crippen LogP contribution in [0.4, 0.5) is 0 Å². The lowest BCUT2D eigenvalue weighted by Gasteiger charge is -2.13. The topological polar surface area (TPSA) is 77.8 Å². The zero-order valence-corrected chi connectivity index (χ0v) is 29.9. The number of nitrogens with zero attached hydrogens (tertiary/aromatic N) is 4. The number of rotatable bonds is 6. The number of oxazole rings is 1. The first-order valence-electron chi connectivity index (χ1n) is 18.6. The van der Waals surface area contributed by atoms with E-state index in [0.29, 0.717) is 28.9 Å². The zero-order chi connectivity index (χ0) is 37.0. The van der Waals surface area contributed by atoms with E-state index in [9.17, 15) is 0 Å². The van der Waals surface area contributed by atoms with E-state index in [1.54, 1.807) is 0 Å². The van der Waals surface area contributed by atoms with E-state index in [0.717, 1.165) is 82.7 Å². The summed E-state index contributed by atoms with van der Waals surface area (Å²) in [5, 5.41) is 4.33. The molecule has 3 aromatic heterocycles. The molecule has 0 aliphatic carbocycles. The minimum Gasteiger partial charge on any atom is -0.453 e. The van der Waals surface area contributed by atoms with E-state index < -0.39 is 0 Å². The molecule has 11 rings (SSSR count). The molecule has 0 aliphatic heterocycles. The van der Waals surface area contributed by atoms with Crippen molar-refractivity contribution < 1.29 is 8.83 Å². The molecule has 0 atom stereocenters. The summed E-state index contributed by atoms with van der Waals surface area (Å²) in [5.41, 5.74) is 11.0. The number of aromatic nitrogens is 4. The van der Waals surface area contributed by atoms with Crippen LogP contribution in [0.2, 0.25) is 0 Å². The van der Waals surface area contributed by atoms with Gasteiger partial charge in [0.2, 0.25) is 5.89 Å². The summed E-state index contributed by atoms with van der Waals surface area (Å²) in [6, 6.07) is 61.9. The average molecular weight is 719 g/mol. The first-order chi connectivity index (χ1) is 27.7. The zero-order valence-electron chi connectivity index (χ0n) is 29.9. The van der Waals surface area contributed by atoms with E-state index in [2.05, 4.69) is 84.9 Å². The van der Waals surface area contributed by atoms with Crippen LogP contribution in [0.15, 0.2) is 191 Å². The third-order valence-electron chi connectivity index (χ3n) is 10.4. The van der Waals surface area contributed by atoms with Crippen LogP contribution < -0.4 is 0 Å². The number of para-hydroxylation sites is 1. The maximum Gasteiger partial charge on any atom is 0.227 e. The minimum absolute atomic E-state index is 0.575. The molecule has 0 unspecified atom stereocenters. The van der Waals surface area contributed by atoms with Gasteiger partial charge in [0.15, 0.2) is 34.2 Å². The Morgan fingerprint density at radius 2 is 0.786 bits per heavy atom. The number of hydrogen-bond donors (Lipinski definition) is 0. The van der Waals surface area contributed by atoms with E-state index in [1.807, 2.05) is 97.1 Å². The highest BCUT2D eigenvalue weighted by molar-refractivity contribution is 6.17. The normalized spacial score (nSPS) is 11.6. The number of fused-ring (bicyclic) bond motifs is 6. The number of hydrogen-bond acceptors (Lipinski definition) is 6. The van der Waals surface area contributed by atoms with Gasteiger partial charge in [-0.1, -0.05) is 158 Å². The second-order valence-corrected chi connectivity index (χ2v) is 13.8. The van der Waals surface area contributed by atoms with Crippen molar-refractivity contribution in [1.29, 1.82) is 0 Å². The van der Waals surface area contributed by atoms with E-state index in [-0.39, 0.29) is 0 Å². The first kappa shape index (κ1) is 31.8. The Morgan fingerprint density at radius 1 is 0.286 bits per heavy atom. The van der Waals surface area contributed by atoms with Gasteiger partial charge in [0, 0.05) is 38.6 Å². The molecule has 6 heteroatoms. The van der Waals surface area contributed by atoms with E-state index in [4.69, 9.17) is 28.8 Å². The molecule has 0 saturated heterocycles. The van der Waals surface area contributed by atoms with Crippen molar-refractivity contribution in [3.05, 3.63) is 182 Å². The average Bonchev–Trinajstić information content (AvgIpc) is 3.89. The minimum atomic E-state index is 0.575. The molecule has 0 aliphatic rings. The van der Waals surface area contributed by atoms with Gasteiger partial charge in [-0.2, -0.15) is 0 Å². The van der Waals surface area contributed by atoms with Gasteiger partial charge in [-0.25, -0.2) is 19.9 Å². The maximum atomic E-state index is 6.75. The van der Waals surface area contributed by atoms with Gasteiger partial charge in [0.25, 0.3) is 0 Å². The lowest BCUT2D eigenvalue weighted by atomic mass is 9.91. The van der Waals surface area contributed by atoms with E-state index >= 15 is 0 Å². The molecule has 3 heterocycles. The van der Waals surface area contributed by atoms with Crippen molar-refractivity contribution in [1.82, 2.24) is 19.9 Å². The van der Waals surface area contributed by atoms with Crippen LogP contribution in [0.25, 0.3) is 112 Å². The Bertz CT molecular complexity index is 3170. The lowest BCUT2D eigenvalue weighted by molar-refractivity contribution is 0.620. The first-order valence-corrected chi connectivity index (χ1v) is 18.6. The van der Waals surface area contributed by atoms with Crippen LogP contribution >= 0.6 is 0 Å². The van der Waals surface area contributed by atoms with Crippen LogP contribution in [0.1, 0.15) is 0 Å².